The summed E-state index contributed by atoms with van der Waals surface area (Å²) >= 11 is 0. The van der Waals surface area contributed by atoms with Crippen LogP contribution in [-0.4, -0.2) is 26.9 Å². The number of hydroxylamine groups is 1. The second-order valence-electron chi connectivity index (χ2n) is 4.08. The molecular formula is C13H21NO2. The van der Waals surface area contributed by atoms with Gasteiger partial charge in [0.25, 0.3) is 0 Å². The van der Waals surface area contributed by atoms with E-state index in [4.69, 9.17) is 9.57 Å². The summed E-state index contributed by atoms with van der Waals surface area (Å²) in [7, 11) is 3.38. The Balaban J connectivity index is 2.90. The van der Waals surface area contributed by atoms with Crippen LogP contribution < -0.4 is 5.06 Å². The molecule has 0 aromatic heterocycles. The molecule has 0 aliphatic heterocycles. The standard InChI is InChI=1S/C13H21NO2/c1-10-6-7-13(8-11(10)2)14(16-5)12(3)9-15-4/h6-8,12H,9H2,1-5H3. The lowest BCUT2D eigenvalue weighted by Crippen LogP contribution is -2.35. The van der Waals surface area contributed by atoms with Gasteiger partial charge >= 0.3 is 0 Å². The fourth-order valence-electron chi connectivity index (χ4n) is 1.71. The average molecular weight is 223 g/mol. The van der Waals surface area contributed by atoms with Crippen LogP contribution in [-0.2, 0) is 9.57 Å². The molecule has 0 fully saturated rings. The second-order valence-corrected chi connectivity index (χ2v) is 4.08. The number of rotatable bonds is 5. The van der Waals surface area contributed by atoms with Crippen molar-refractivity contribution < 1.29 is 9.57 Å². The molecule has 0 spiro atoms. The number of hydrogen-bond donors (Lipinski definition) is 0. The molecule has 16 heavy (non-hydrogen) atoms. The molecule has 0 heterocycles. The van der Waals surface area contributed by atoms with Crippen molar-refractivity contribution in [3.8, 4) is 0 Å². The lowest BCUT2D eigenvalue weighted by atomic mass is 10.1. The molecule has 0 amide bonds. The molecule has 0 N–H and O–H groups in total. The van der Waals surface area contributed by atoms with E-state index in [9.17, 15) is 0 Å². The van der Waals surface area contributed by atoms with E-state index in [2.05, 4.69) is 39.0 Å². The summed E-state index contributed by atoms with van der Waals surface area (Å²) < 4.78 is 5.14. The van der Waals surface area contributed by atoms with Gasteiger partial charge in [-0.1, -0.05) is 6.07 Å². The zero-order valence-electron chi connectivity index (χ0n) is 10.8. The van der Waals surface area contributed by atoms with Gasteiger partial charge in [0, 0.05) is 7.11 Å². The van der Waals surface area contributed by atoms with E-state index in [0.29, 0.717) is 6.61 Å². The monoisotopic (exact) mass is 223 g/mol. The van der Waals surface area contributed by atoms with Crippen molar-refractivity contribution in [3.05, 3.63) is 29.3 Å². The molecule has 1 atom stereocenters. The van der Waals surface area contributed by atoms with Gasteiger partial charge in [-0.05, 0) is 44.0 Å². The SMILES string of the molecule is COCC(C)N(OC)c1ccc(C)c(C)c1. The summed E-state index contributed by atoms with van der Waals surface area (Å²) in [5, 5.41) is 1.87. The molecule has 0 aliphatic rings. The third-order valence-electron chi connectivity index (χ3n) is 2.75. The number of anilines is 1. The maximum absolute atomic E-state index is 5.40. The smallest absolute Gasteiger partial charge is 0.0770 e. The van der Waals surface area contributed by atoms with Gasteiger partial charge in [-0.2, -0.15) is 0 Å². The summed E-state index contributed by atoms with van der Waals surface area (Å²) in [5.74, 6) is 0. The number of benzene rings is 1. The van der Waals surface area contributed by atoms with Gasteiger partial charge in [0.2, 0.25) is 0 Å². The third-order valence-corrected chi connectivity index (χ3v) is 2.75. The van der Waals surface area contributed by atoms with Gasteiger partial charge in [-0.3, -0.25) is 4.84 Å². The molecule has 1 unspecified atom stereocenters. The molecule has 3 nitrogen and oxygen atoms in total. The Hall–Kier alpha value is -1.06. The Bertz CT molecular complexity index is 339. The van der Waals surface area contributed by atoms with Crippen LogP contribution in [0.4, 0.5) is 5.69 Å². The molecule has 1 aromatic carbocycles. The minimum Gasteiger partial charge on any atom is -0.382 e. The first-order valence-electron chi connectivity index (χ1n) is 5.49. The highest BCUT2D eigenvalue weighted by atomic mass is 16.7. The van der Waals surface area contributed by atoms with Crippen LogP contribution in [0.3, 0.4) is 0 Å². The van der Waals surface area contributed by atoms with Crippen molar-refractivity contribution in [1.29, 1.82) is 0 Å². The van der Waals surface area contributed by atoms with Crippen LogP contribution in [0.1, 0.15) is 18.1 Å². The van der Waals surface area contributed by atoms with Crippen molar-refractivity contribution in [2.75, 3.05) is 25.9 Å². The van der Waals surface area contributed by atoms with Gasteiger partial charge in [-0.15, -0.1) is 0 Å². The van der Waals surface area contributed by atoms with Gasteiger partial charge in [-0.25, -0.2) is 5.06 Å². The number of aryl methyl sites for hydroxylation is 2. The normalized spacial score (nSPS) is 12.6. The van der Waals surface area contributed by atoms with Gasteiger partial charge < -0.3 is 4.74 Å². The fourth-order valence-corrected chi connectivity index (χ4v) is 1.71. The van der Waals surface area contributed by atoms with Crippen LogP contribution in [0.25, 0.3) is 0 Å². The number of hydrogen-bond acceptors (Lipinski definition) is 3. The predicted octanol–water partition coefficient (Wildman–Crippen LogP) is 2.71. The average Bonchev–Trinajstić information content (AvgIpc) is 2.25. The summed E-state index contributed by atoms with van der Waals surface area (Å²) in [4.78, 5) is 5.40. The van der Waals surface area contributed by atoms with Crippen LogP contribution >= 0.6 is 0 Å². The Morgan fingerprint density at radius 3 is 2.38 bits per heavy atom. The van der Waals surface area contributed by atoms with Gasteiger partial charge in [0.15, 0.2) is 0 Å². The summed E-state index contributed by atoms with van der Waals surface area (Å²) in [6.07, 6.45) is 0. The molecule has 0 saturated heterocycles. The Morgan fingerprint density at radius 1 is 1.19 bits per heavy atom. The Labute approximate surface area is 97.9 Å². The quantitative estimate of drug-likeness (QED) is 0.716. The number of ether oxygens (including phenoxy) is 1. The van der Waals surface area contributed by atoms with Gasteiger partial charge in [0.05, 0.1) is 25.4 Å². The maximum atomic E-state index is 5.40. The van der Waals surface area contributed by atoms with E-state index in [1.165, 1.54) is 11.1 Å². The van der Waals surface area contributed by atoms with Crippen molar-refractivity contribution in [3.63, 3.8) is 0 Å². The first kappa shape index (κ1) is 13.0. The topological polar surface area (TPSA) is 21.7 Å². The highest BCUT2D eigenvalue weighted by Crippen LogP contribution is 2.20. The highest BCUT2D eigenvalue weighted by Gasteiger charge is 2.14. The van der Waals surface area contributed by atoms with E-state index in [0.717, 1.165) is 5.69 Å². The van der Waals surface area contributed by atoms with Crippen molar-refractivity contribution >= 4 is 5.69 Å². The van der Waals surface area contributed by atoms with E-state index < -0.39 is 0 Å². The molecule has 0 radical (unpaired) electrons. The lowest BCUT2D eigenvalue weighted by molar-refractivity contribution is 0.0972. The largest absolute Gasteiger partial charge is 0.382 e. The summed E-state index contributed by atoms with van der Waals surface area (Å²) in [6, 6.07) is 6.50. The van der Waals surface area contributed by atoms with Crippen molar-refractivity contribution in [1.82, 2.24) is 0 Å². The van der Waals surface area contributed by atoms with Crippen LogP contribution in [0.2, 0.25) is 0 Å². The molecule has 3 heteroatoms. The first-order chi connectivity index (χ1) is 7.60. The van der Waals surface area contributed by atoms with Crippen molar-refractivity contribution in [2.24, 2.45) is 0 Å². The maximum Gasteiger partial charge on any atom is 0.0770 e. The Morgan fingerprint density at radius 2 is 1.88 bits per heavy atom. The van der Waals surface area contributed by atoms with Crippen molar-refractivity contribution in [2.45, 2.75) is 26.8 Å². The minimum absolute atomic E-state index is 0.192. The number of methoxy groups -OCH3 is 1. The second kappa shape index (κ2) is 5.87. The van der Waals surface area contributed by atoms with E-state index >= 15 is 0 Å². The zero-order chi connectivity index (χ0) is 12.1. The molecule has 0 bridgehead atoms. The van der Waals surface area contributed by atoms with E-state index in [-0.39, 0.29) is 6.04 Å². The van der Waals surface area contributed by atoms with E-state index in [1.807, 2.05) is 5.06 Å². The fraction of sp³-hybridized carbons (Fsp3) is 0.538. The number of nitrogens with zero attached hydrogens (tertiary/aromatic N) is 1. The summed E-state index contributed by atoms with van der Waals surface area (Å²) in [5.41, 5.74) is 3.62. The third kappa shape index (κ3) is 2.97. The molecule has 0 aliphatic carbocycles. The first-order valence-corrected chi connectivity index (χ1v) is 5.49. The highest BCUT2D eigenvalue weighted by molar-refractivity contribution is 5.49. The van der Waals surface area contributed by atoms with Crippen LogP contribution in [0.15, 0.2) is 18.2 Å². The molecule has 1 aromatic rings. The van der Waals surface area contributed by atoms with Crippen LogP contribution in [0, 0.1) is 13.8 Å². The lowest BCUT2D eigenvalue weighted by Gasteiger charge is -2.28. The molecule has 0 saturated carbocycles. The molecule has 90 valence electrons. The van der Waals surface area contributed by atoms with Gasteiger partial charge in [0.1, 0.15) is 0 Å². The zero-order valence-corrected chi connectivity index (χ0v) is 10.8. The van der Waals surface area contributed by atoms with Crippen LogP contribution in [0.5, 0.6) is 0 Å². The molecule has 1 rings (SSSR count). The van der Waals surface area contributed by atoms with E-state index in [1.54, 1.807) is 14.2 Å². The summed E-state index contributed by atoms with van der Waals surface area (Å²) in [6.45, 7) is 6.92. The molecular weight excluding hydrogens is 202 g/mol. The minimum atomic E-state index is 0.192. The Kier molecular flexibility index (Phi) is 4.77. The predicted molar refractivity (Wildman–Crippen MR) is 66.7 cm³/mol.